The zero-order valence-electron chi connectivity index (χ0n) is 10.3. The molecule has 3 rings (SSSR count). The number of nitrogens with two attached hydrogens (primary N) is 1. The number of benzene rings is 2. The molecule has 0 saturated carbocycles. The molecular weight excluding hydrogens is 246 g/mol. The molecule has 0 spiro atoms. The van der Waals surface area contributed by atoms with Crippen LogP contribution in [0.3, 0.4) is 0 Å². The van der Waals surface area contributed by atoms with Crippen LogP contribution in [0.1, 0.15) is 17.2 Å². The van der Waals surface area contributed by atoms with E-state index in [2.05, 4.69) is 0 Å². The molecule has 2 aromatic rings. The molecule has 2 N–H and O–H groups in total. The van der Waals surface area contributed by atoms with Crippen molar-refractivity contribution in [1.82, 2.24) is 0 Å². The first-order valence-electron chi connectivity index (χ1n) is 6.20. The molecule has 2 aromatic carbocycles. The van der Waals surface area contributed by atoms with Crippen molar-refractivity contribution < 1.29 is 8.78 Å². The highest BCUT2D eigenvalue weighted by Gasteiger charge is 2.32. The molecule has 0 fully saturated rings. The number of para-hydroxylation sites is 1. The Bertz CT molecular complexity index is 599. The van der Waals surface area contributed by atoms with E-state index in [9.17, 15) is 8.78 Å². The Morgan fingerprint density at radius 1 is 1.16 bits per heavy atom. The van der Waals surface area contributed by atoms with Crippen LogP contribution in [-0.2, 0) is 6.54 Å². The maximum atomic E-state index is 14.0. The maximum absolute atomic E-state index is 14.0. The van der Waals surface area contributed by atoms with Crippen LogP contribution in [0.2, 0.25) is 0 Å². The van der Waals surface area contributed by atoms with Gasteiger partial charge in [-0.3, -0.25) is 0 Å². The largest absolute Gasteiger partial charge is 0.359 e. The highest BCUT2D eigenvalue weighted by atomic mass is 19.1. The summed E-state index contributed by atoms with van der Waals surface area (Å²) in [6, 6.07) is 11.7. The molecule has 0 aromatic heterocycles. The predicted octanol–water partition coefficient (Wildman–Crippen LogP) is 2.98. The van der Waals surface area contributed by atoms with Crippen molar-refractivity contribution in [3.05, 3.63) is 65.2 Å². The van der Waals surface area contributed by atoms with Crippen LogP contribution in [0.5, 0.6) is 0 Å². The number of nitrogens with zero attached hydrogens (tertiary/aromatic N) is 1. The van der Waals surface area contributed by atoms with Gasteiger partial charge in [0.2, 0.25) is 0 Å². The topological polar surface area (TPSA) is 29.3 Å². The van der Waals surface area contributed by atoms with Gasteiger partial charge in [0.15, 0.2) is 0 Å². The average Bonchev–Trinajstić information content (AvgIpc) is 2.78. The van der Waals surface area contributed by atoms with E-state index in [1.54, 1.807) is 0 Å². The van der Waals surface area contributed by atoms with E-state index in [1.165, 1.54) is 6.07 Å². The van der Waals surface area contributed by atoms with Crippen molar-refractivity contribution >= 4 is 5.69 Å². The fraction of sp³-hybridized carbons (Fsp3) is 0.200. The quantitative estimate of drug-likeness (QED) is 0.899. The van der Waals surface area contributed by atoms with Gasteiger partial charge in [0.1, 0.15) is 11.6 Å². The number of rotatable bonds is 2. The molecule has 1 atom stereocenters. The lowest BCUT2D eigenvalue weighted by Gasteiger charge is -2.26. The van der Waals surface area contributed by atoms with Gasteiger partial charge in [-0.1, -0.05) is 18.2 Å². The maximum Gasteiger partial charge on any atom is 0.131 e. The van der Waals surface area contributed by atoms with Crippen LogP contribution in [0.15, 0.2) is 42.5 Å². The van der Waals surface area contributed by atoms with Gasteiger partial charge in [-0.2, -0.15) is 0 Å². The molecule has 1 aliphatic heterocycles. The summed E-state index contributed by atoms with van der Waals surface area (Å²) in [6.07, 6.45) is 0. The van der Waals surface area contributed by atoms with E-state index >= 15 is 0 Å². The zero-order valence-corrected chi connectivity index (χ0v) is 10.3. The molecule has 2 nitrogen and oxygen atoms in total. The summed E-state index contributed by atoms with van der Waals surface area (Å²) in [5.74, 6) is -1.05. The Hall–Kier alpha value is -1.94. The molecule has 1 unspecified atom stereocenters. The summed E-state index contributed by atoms with van der Waals surface area (Å²) in [7, 11) is 0. The minimum absolute atomic E-state index is 0.238. The minimum Gasteiger partial charge on any atom is -0.359 e. The first-order valence-corrected chi connectivity index (χ1v) is 6.20. The van der Waals surface area contributed by atoms with Crippen molar-refractivity contribution in [2.24, 2.45) is 5.73 Å². The summed E-state index contributed by atoms with van der Waals surface area (Å²) < 4.78 is 27.2. The van der Waals surface area contributed by atoms with E-state index < -0.39 is 11.6 Å². The van der Waals surface area contributed by atoms with E-state index in [-0.39, 0.29) is 6.04 Å². The molecule has 0 bridgehead atoms. The van der Waals surface area contributed by atoms with Crippen LogP contribution in [0.4, 0.5) is 14.5 Å². The molecule has 98 valence electrons. The third kappa shape index (κ3) is 1.98. The summed E-state index contributed by atoms with van der Waals surface area (Å²) in [6.45, 7) is 0.778. The standard InChI is InChI=1S/C15H14F2N2/c16-11-6-10-9-19(12-4-2-1-3-5-12)14(8-18)15(10)13(17)7-11/h1-7,14H,8-9,18H2. The van der Waals surface area contributed by atoms with E-state index in [4.69, 9.17) is 5.73 Å². The summed E-state index contributed by atoms with van der Waals surface area (Å²) >= 11 is 0. The van der Waals surface area contributed by atoms with Gasteiger partial charge in [0.05, 0.1) is 6.04 Å². The van der Waals surface area contributed by atoms with Gasteiger partial charge < -0.3 is 10.6 Å². The van der Waals surface area contributed by atoms with Crippen LogP contribution in [0, 0.1) is 11.6 Å². The number of hydrogen-bond donors (Lipinski definition) is 1. The molecule has 1 aliphatic rings. The minimum atomic E-state index is -0.540. The van der Waals surface area contributed by atoms with E-state index in [1.807, 2.05) is 35.2 Å². The van der Waals surface area contributed by atoms with Crippen molar-refractivity contribution in [2.75, 3.05) is 11.4 Å². The van der Waals surface area contributed by atoms with Gasteiger partial charge in [0, 0.05) is 30.4 Å². The van der Waals surface area contributed by atoms with Gasteiger partial charge in [0.25, 0.3) is 0 Å². The van der Waals surface area contributed by atoms with Crippen molar-refractivity contribution in [3.8, 4) is 0 Å². The van der Waals surface area contributed by atoms with Crippen molar-refractivity contribution in [1.29, 1.82) is 0 Å². The molecular formula is C15H14F2N2. The number of anilines is 1. The fourth-order valence-corrected chi connectivity index (χ4v) is 2.73. The molecule has 0 radical (unpaired) electrons. The molecule has 0 aliphatic carbocycles. The number of halogens is 2. The zero-order chi connectivity index (χ0) is 13.4. The van der Waals surface area contributed by atoms with E-state index in [0.717, 1.165) is 11.8 Å². The Kier molecular flexibility index (Phi) is 2.95. The predicted molar refractivity (Wildman–Crippen MR) is 70.8 cm³/mol. The second-order valence-electron chi connectivity index (χ2n) is 4.68. The van der Waals surface area contributed by atoms with Crippen LogP contribution in [-0.4, -0.2) is 6.54 Å². The van der Waals surface area contributed by atoms with Crippen molar-refractivity contribution in [3.63, 3.8) is 0 Å². The number of hydrogen-bond acceptors (Lipinski definition) is 2. The second-order valence-corrected chi connectivity index (χ2v) is 4.68. The van der Waals surface area contributed by atoms with Crippen LogP contribution in [0.25, 0.3) is 0 Å². The average molecular weight is 260 g/mol. The van der Waals surface area contributed by atoms with Crippen LogP contribution >= 0.6 is 0 Å². The van der Waals surface area contributed by atoms with Crippen LogP contribution < -0.4 is 10.6 Å². The Labute approximate surface area is 110 Å². The lowest BCUT2D eigenvalue weighted by molar-refractivity contribution is 0.559. The van der Waals surface area contributed by atoms with Crippen molar-refractivity contribution in [2.45, 2.75) is 12.6 Å². The molecule has 4 heteroatoms. The molecule has 1 heterocycles. The SMILES string of the molecule is NCC1c2c(F)cc(F)cc2CN1c1ccccc1. The second kappa shape index (κ2) is 4.63. The Balaban J connectivity index is 2.07. The third-order valence-corrected chi connectivity index (χ3v) is 3.54. The monoisotopic (exact) mass is 260 g/mol. The smallest absolute Gasteiger partial charge is 0.131 e. The first-order chi connectivity index (χ1) is 9.20. The summed E-state index contributed by atoms with van der Waals surface area (Å²) in [5, 5.41) is 0. The van der Waals surface area contributed by atoms with Gasteiger partial charge in [-0.05, 0) is 23.8 Å². The molecule has 0 saturated heterocycles. The first kappa shape index (κ1) is 12.1. The Morgan fingerprint density at radius 2 is 1.89 bits per heavy atom. The number of fused-ring (bicyclic) bond motifs is 1. The van der Waals surface area contributed by atoms with E-state index in [0.29, 0.717) is 24.2 Å². The van der Waals surface area contributed by atoms with Gasteiger partial charge in [-0.15, -0.1) is 0 Å². The fourth-order valence-electron chi connectivity index (χ4n) is 2.73. The molecule has 19 heavy (non-hydrogen) atoms. The third-order valence-electron chi connectivity index (χ3n) is 3.54. The lowest BCUT2D eigenvalue weighted by Crippen LogP contribution is -2.28. The van der Waals surface area contributed by atoms with Gasteiger partial charge >= 0.3 is 0 Å². The highest BCUT2D eigenvalue weighted by Crippen LogP contribution is 2.38. The lowest BCUT2D eigenvalue weighted by atomic mass is 10.0. The Morgan fingerprint density at radius 3 is 2.58 bits per heavy atom. The molecule has 0 amide bonds. The summed E-state index contributed by atoms with van der Waals surface area (Å²) in [5.41, 5.74) is 7.95. The normalized spacial score (nSPS) is 17.6. The highest BCUT2D eigenvalue weighted by molar-refractivity contribution is 5.55. The summed E-state index contributed by atoms with van der Waals surface area (Å²) in [4.78, 5) is 2.01. The van der Waals surface area contributed by atoms with Gasteiger partial charge in [-0.25, -0.2) is 8.78 Å².